The lowest BCUT2D eigenvalue weighted by Gasteiger charge is -2.33. The Bertz CT molecular complexity index is 313. The fourth-order valence-electron chi connectivity index (χ4n) is 2.21. The van der Waals surface area contributed by atoms with Crippen LogP contribution in [-0.4, -0.2) is 40.1 Å². The summed E-state index contributed by atoms with van der Waals surface area (Å²) in [5.41, 5.74) is -0.176. The first kappa shape index (κ1) is 13.8. The van der Waals surface area contributed by atoms with E-state index in [1.165, 1.54) is 0 Å². The van der Waals surface area contributed by atoms with Crippen molar-refractivity contribution in [1.82, 2.24) is 10.2 Å². The normalized spacial score (nSPS) is 20.4. The molecule has 0 spiro atoms. The zero-order valence-electron chi connectivity index (χ0n) is 11.0. The van der Waals surface area contributed by atoms with Gasteiger partial charge in [-0.2, -0.15) is 0 Å². The number of carboxylic acid groups (broad SMARTS) is 1. The van der Waals surface area contributed by atoms with Crippen molar-refractivity contribution in [1.29, 1.82) is 0 Å². The van der Waals surface area contributed by atoms with Gasteiger partial charge in [-0.3, -0.25) is 0 Å². The molecule has 98 valence electrons. The van der Waals surface area contributed by atoms with Crippen LogP contribution in [0.2, 0.25) is 0 Å². The molecule has 1 rings (SSSR count). The molecule has 1 heterocycles. The van der Waals surface area contributed by atoms with Crippen molar-refractivity contribution in [3.63, 3.8) is 0 Å². The molecular weight excluding hydrogens is 220 g/mol. The fourth-order valence-corrected chi connectivity index (χ4v) is 2.21. The Kier molecular flexibility index (Phi) is 4.01. The van der Waals surface area contributed by atoms with Crippen molar-refractivity contribution in [2.45, 2.75) is 52.1 Å². The van der Waals surface area contributed by atoms with Crippen molar-refractivity contribution < 1.29 is 14.7 Å². The van der Waals surface area contributed by atoms with E-state index in [0.717, 1.165) is 12.8 Å². The topological polar surface area (TPSA) is 69.6 Å². The average Bonchev–Trinajstić information content (AvgIpc) is 2.53. The second kappa shape index (κ2) is 4.94. The highest BCUT2D eigenvalue weighted by Gasteiger charge is 2.37. The molecule has 1 saturated heterocycles. The molecule has 0 unspecified atom stereocenters. The standard InChI is InChI=1S/C12H22N2O3/c1-8(2)9(10(15)16)13-11(17)14-7-5-6-12(14,3)4/h8-9H,5-7H2,1-4H3,(H,13,17)(H,15,16)/t9-/m1/s1. The van der Waals surface area contributed by atoms with E-state index in [1.54, 1.807) is 18.7 Å². The summed E-state index contributed by atoms with van der Waals surface area (Å²) in [5.74, 6) is -1.10. The van der Waals surface area contributed by atoms with E-state index in [2.05, 4.69) is 5.32 Å². The number of carboxylic acids is 1. The Morgan fingerprint density at radius 1 is 1.35 bits per heavy atom. The first-order valence-electron chi connectivity index (χ1n) is 6.06. The maximum atomic E-state index is 12.0. The summed E-state index contributed by atoms with van der Waals surface area (Å²) in [4.78, 5) is 24.8. The van der Waals surface area contributed by atoms with Gasteiger partial charge in [-0.15, -0.1) is 0 Å². The predicted molar refractivity (Wildman–Crippen MR) is 64.8 cm³/mol. The molecule has 1 aliphatic rings. The highest BCUT2D eigenvalue weighted by molar-refractivity contribution is 5.83. The van der Waals surface area contributed by atoms with Crippen LogP contribution in [0.15, 0.2) is 0 Å². The largest absolute Gasteiger partial charge is 0.480 e. The van der Waals surface area contributed by atoms with Crippen LogP contribution in [0.1, 0.15) is 40.5 Å². The molecule has 0 aromatic rings. The molecule has 1 aliphatic heterocycles. The molecule has 0 saturated carbocycles. The zero-order valence-corrected chi connectivity index (χ0v) is 11.0. The number of urea groups is 1. The Balaban J connectivity index is 2.68. The molecule has 5 heteroatoms. The monoisotopic (exact) mass is 242 g/mol. The zero-order chi connectivity index (χ0) is 13.2. The molecule has 2 amide bonds. The van der Waals surface area contributed by atoms with Crippen LogP contribution in [-0.2, 0) is 4.79 Å². The number of rotatable bonds is 3. The molecule has 1 atom stereocenters. The minimum Gasteiger partial charge on any atom is -0.480 e. The third-order valence-corrected chi connectivity index (χ3v) is 3.36. The van der Waals surface area contributed by atoms with Crippen LogP contribution in [0.3, 0.4) is 0 Å². The number of carbonyl (C=O) groups is 2. The smallest absolute Gasteiger partial charge is 0.326 e. The lowest BCUT2D eigenvalue weighted by Crippen LogP contribution is -2.53. The van der Waals surface area contributed by atoms with E-state index in [9.17, 15) is 9.59 Å². The van der Waals surface area contributed by atoms with Gasteiger partial charge in [-0.25, -0.2) is 9.59 Å². The van der Waals surface area contributed by atoms with Crippen LogP contribution >= 0.6 is 0 Å². The maximum absolute atomic E-state index is 12.0. The first-order valence-corrected chi connectivity index (χ1v) is 6.06. The minimum atomic E-state index is -0.981. The SMILES string of the molecule is CC(C)[C@@H](NC(=O)N1CCCC1(C)C)C(=O)O. The number of hydrogen-bond acceptors (Lipinski definition) is 2. The van der Waals surface area contributed by atoms with Crippen LogP contribution in [0.4, 0.5) is 4.79 Å². The third kappa shape index (κ3) is 3.11. The number of carbonyl (C=O) groups excluding carboxylic acids is 1. The Morgan fingerprint density at radius 3 is 2.29 bits per heavy atom. The number of hydrogen-bond donors (Lipinski definition) is 2. The number of amides is 2. The Morgan fingerprint density at radius 2 is 1.94 bits per heavy atom. The lowest BCUT2D eigenvalue weighted by molar-refractivity contribution is -0.140. The molecule has 17 heavy (non-hydrogen) atoms. The van der Waals surface area contributed by atoms with E-state index in [0.29, 0.717) is 6.54 Å². The summed E-state index contributed by atoms with van der Waals surface area (Å²) < 4.78 is 0. The lowest BCUT2D eigenvalue weighted by atomic mass is 10.0. The predicted octanol–water partition coefficient (Wildman–Crippen LogP) is 1.68. The van der Waals surface area contributed by atoms with E-state index in [1.807, 2.05) is 13.8 Å². The molecule has 0 aliphatic carbocycles. The van der Waals surface area contributed by atoms with E-state index in [-0.39, 0.29) is 17.5 Å². The molecule has 1 fully saturated rings. The number of nitrogens with zero attached hydrogens (tertiary/aromatic N) is 1. The van der Waals surface area contributed by atoms with E-state index in [4.69, 9.17) is 5.11 Å². The van der Waals surface area contributed by atoms with Crippen LogP contribution < -0.4 is 5.32 Å². The molecule has 5 nitrogen and oxygen atoms in total. The van der Waals surface area contributed by atoms with Gasteiger partial charge in [0.25, 0.3) is 0 Å². The van der Waals surface area contributed by atoms with Gasteiger partial charge in [0.05, 0.1) is 0 Å². The summed E-state index contributed by atoms with van der Waals surface area (Å²) in [6, 6.07) is -1.09. The molecule has 0 radical (unpaired) electrons. The van der Waals surface area contributed by atoms with Gasteiger partial charge in [-0.1, -0.05) is 13.8 Å². The number of aliphatic carboxylic acids is 1. The third-order valence-electron chi connectivity index (χ3n) is 3.36. The van der Waals surface area contributed by atoms with Gasteiger partial charge < -0.3 is 15.3 Å². The van der Waals surface area contributed by atoms with E-state index < -0.39 is 12.0 Å². The van der Waals surface area contributed by atoms with Crippen LogP contribution in [0.25, 0.3) is 0 Å². The van der Waals surface area contributed by atoms with Gasteiger partial charge in [0.2, 0.25) is 0 Å². The molecule has 0 bridgehead atoms. The second-order valence-electron chi connectivity index (χ2n) is 5.58. The molecule has 2 N–H and O–H groups in total. The molecule has 0 aromatic carbocycles. The second-order valence-corrected chi connectivity index (χ2v) is 5.58. The van der Waals surface area contributed by atoms with Crippen molar-refractivity contribution >= 4 is 12.0 Å². The Labute approximate surface area is 102 Å². The van der Waals surface area contributed by atoms with Crippen LogP contribution in [0, 0.1) is 5.92 Å². The first-order chi connectivity index (χ1) is 7.75. The Hall–Kier alpha value is -1.26. The van der Waals surface area contributed by atoms with Gasteiger partial charge in [0, 0.05) is 12.1 Å². The maximum Gasteiger partial charge on any atom is 0.326 e. The summed E-state index contributed by atoms with van der Waals surface area (Å²) in [7, 11) is 0. The average molecular weight is 242 g/mol. The van der Waals surface area contributed by atoms with Crippen molar-refractivity contribution in [2.75, 3.05) is 6.54 Å². The van der Waals surface area contributed by atoms with Crippen molar-refractivity contribution in [3.8, 4) is 0 Å². The van der Waals surface area contributed by atoms with Gasteiger partial charge in [0.15, 0.2) is 0 Å². The van der Waals surface area contributed by atoms with Crippen LogP contribution in [0.5, 0.6) is 0 Å². The molecule has 0 aromatic heterocycles. The quantitative estimate of drug-likeness (QED) is 0.791. The highest BCUT2D eigenvalue weighted by atomic mass is 16.4. The van der Waals surface area contributed by atoms with Gasteiger partial charge in [-0.05, 0) is 32.6 Å². The van der Waals surface area contributed by atoms with Gasteiger partial charge in [0.1, 0.15) is 6.04 Å². The summed E-state index contributed by atoms with van der Waals surface area (Å²) in [6.07, 6.45) is 1.93. The van der Waals surface area contributed by atoms with E-state index >= 15 is 0 Å². The fraction of sp³-hybridized carbons (Fsp3) is 0.833. The number of nitrogens with one attached hydrogen (secondary N) is 1. The van der Waals surface area contributed by atoms with Crippen molar-refractivity contribution in [2.24, 2.45) is 5.92 Å². The summed E-state index contributed by atoms with van der Waals surface area (Å²) >= 11 is 0. The molecular formula is C12H22N2O3. The van der Waals surface area contributed by atoms with Crippen molar-refractivity contribution in [3.05, 3.63) is 0 Å². The highest BCUT2D eigenvalue weighted by Crippen LogP contribution is 2.28. The minimum absolute atomic E-state index is 0.123. The number of likely N-dealkylation sites (tertiary alicyclic amines) is 1. The van der Waals surface area contributed by atoms with Gasteiger partial charge >= 0.3 is 12.0 Å². The summed E-state index contributed by atoms with van der Waals surface area (Å²) in [6.45, 7) is 8.28. The summed E-state index contributed by atoms with van der Waals surface area (Å²) in [5, 5.41) is 11.6.